The van der Waals surface area contributed by atoms with Crippen LogP contribution in [0.5, 0.6) is 5.75 Å². The van der Waals surface area contributed by atoms with Gasteiger partial charge in [0.2, 0.25) is 5.82 Å². The Balaban J connectivity index is 0.000000156. The molecule has 2 fully saturated rings. The first-order valence-electron chi connectivity index (χ1n) is 14.5. The summed E-state index contributed by atoms with van der Waals surface area (Å²) in [5, 5.41) is 26.1. The Morgan fingerprint density at radius 3 is 2.59 bits per heavy atom. The Morgan fingerprint density at radius 2 is 1.84 bits per heavy atom. The molecule has 0 spiro atoms. The normalized spacial score (nSPS) is 17.1. The average molecular weight is 591 g/mol. The minimum absolute atomic E-state index is 0.0972. The average Bonchev–Trinajstić information content (AvgIpc) is 3.51. The fourth-order valence-electron chi connectivity index (χ4n) is 5.64. The quantitative estimate of drug-likeness (QED) is 0.267. The van der Waals surface area contributed by atoms with Gasteiger partial charge in [0, 0.05) is 60.6 Å². The molecule has 2 unspecified atom stereocenters. The fraction of sp³-hybridized carbons (Fsp3) is 0.312. The van der Waals surface area contributed by atoms with E-state index in [-0.39, 0.29) is 17.9 Å². The SMILES string of the molecule is Cc1ccnc(C#CCn2ccn3nc(C)c(C)c3c2=O)n1.Nc1nnc(-c2ccccc2O)cc1N1CC2CCC(C1)N2. The number of nitrogens with one attached hydrogen (secondary N) is 1. The molecule has 224 valence electrons. The second-order valence-corrected chi connectivity index (χ2v) is 11.1. The zero-order valence-electron chi connectivity index (χ0n) is 24.9. The number of nitrogen functional groups attached to an aromatic ring is 1. The highest BCUT2D eigenvalue weighted by molar-refractivity contribution is 5.74. The number of piperazine rings is 1. The highest BCUT2D eigenvalue weighted by Crippen LogP contribution is 2.33. The molecule has 2 aliphatic heterocycles. The van der Waals surface area contributed by atoms with Crippen LogP contribution in [0.1, 0.15) is 35.6 Å². The number of phenolic OH excluding ortho intramolecular Hbond substituents is 1. The van der Waals surface area contributed by atoms with E-state index in [2.05, 4.69) is 47.3 Å². The number of rotatable bonds is 3. The molecule has 6 heterocycles. The van der Waals surface area contributed by atoms with Gasteiger partial charge in [-0.05, 0) is 63.8 Å². The molecule has 4 N–H and O–H groups in total. The summed E-state index contributed by atoms with van der Waals surface area (Å²) in [6.45, 7) is 7.84. The third-order valence-electron chi connectivity index (χ3n) is 8.02. The number of aryl methyl sites for hydroxylation is 3. The van der Waals surface area contributed by atoms with Crippen molar-refractivity contribution < 1.29 is 5.11 Å². The second kappa shape index (κ2) is 12.1. The van der Waals surface area contributed by atoms with Crippen LogP contribution >= 0.6 is 0 Å². The molecule has 2 bridgehead atoms. The van der Waals surface area contributed by atoms with Crippen molar-refractivity contribution in [1.82, 2.24) is 39.7 Å². The molecule has 0 radical (unpaired) electrons. The number of para-hydroxylation sites is 1. The first-order valence-corrected chi connectivity index (χ1v) is 14.5. The number of phenols is 1. The lowest BCUT2D eigenvalue weighted by atomic mass is 10.1. The summed E-state index contributed by atoms with van der Waals surface area (Å²) in [5.41, 5.74) is 11.4. The van der Waals surface area contributed by atoms with Crippen LogP contribution in [-0.2, 0) is 6.54 Å². The van der Waals surface area contributed by atoms with E-state index in [9.17, 15) is 9.90 Å². The molecule has 44 heavy (non-hydrogen) atoms. The van der Waals surface area contributed by atoms with E-state index in [4.69, 9.17) is 5.73 Å². The van der Waals surface area contributed by atoms with Crippen molar-refractivity contribution in [1.29, 1.82) is 0 Å². The zero-order valence-corrected chi connectivity index (χ0v) is 24.9. The van der Waals surface area contributed by atoms with Crippen molar-refractivity contribution in [2.75, 3.05) is 23.7 Å². The van der Waals surface area contributed by atoms with E-state index in [1.54, 1.807) is 39.8 Å². The predicted octanol–water partition coefficient (Wildman–Crippen LogP) is 2.63. The number of benzene rings is 1. The second-order valence-electron chi connectivity index (χ2n) is 11.1. The molecule has 12 nitrogen and oxygen atoms in total. The summed E-state index contributed by atoms with van der Waals surface area (Å²) >= 11 is 0. The summed E-state index contributed by atoms with van der Waals surface area (Å²) in [5.74, 6) is 6.92. The number of nitrogens with zero attached hydrogens (tertiary/aromatic N) is 8. The van der Waals surface area contributed by atoms with Gasteiger partial charge in [0.05, 0.1) is 23.6 Å². The van der Waals surface area contributed by atoms with Crippen molar-refractivity contribution in [3.8, 4) is 28.8 Å². The molecule has 2 atom stereocenters. The zero-order chi connectivity index (χ0) is 30.8. The lowest BCUT2D eigenvalue weighted by Crippen LogP contribution is -2.51. The van der Waals surface area contributed by atoms with Crippen LogP contribution in [0, 0.1) is 32.6 Å². The van der Waals surface area contributed by atoms with Crippen molar-refractivity contribution in [2.24, 2.45) is 0 Å². The maximum Gasteiger partial charge on any atom is 0.277 e. The van der Waals surface area contributed by atoms with Crippen molar-refractivity contribution in [2.45, 2.75) is 52.2 Å². The van der Waals surface area contributed by atoms with Gasteiger partial charge in [0.1, 0.15) is 11.3 Å². The molecule has 1 aromatic carbocycles. The number of nitrogens with two attached hydrogens (primary N) is 1. The van der Waals surface area contributed by atoms with Gasteiger partial charge in [0.25, 0.3) is 5.56 Å². The highest BCUT2D eigenvalue weighted by Gasteiger charge is 2.33. The molecule has 2 aliphatic rings. The first kappa shape index (κ1) is 28.8. The molecule has 0 saturated carbocycles. The fourth-order valence-corrected chi connectivity index (χ4v) is 5.64. The van der Waals surface area contributed by atoms with Crippen LogP contribution < -0.4 is 21.5 Å². The number of aromatic nitrogens is 7. The van der Waals surface area contributed by atoms with Crippen molar-refractivity contribution in [3.63, 3.8) is 0 Å². The Hall–Kier alpha value is -5.28. The van der Waals surface area contributed by atoms with E-state index in [0.29, 0.717) is 40.5 Å². The van der Waals surface area contributed by atoms with E-state index >= 15 is 0 Å². The minimum atomic E-state index is -0.0972. The Bertz CT molecular complexity index is 1940. The topological polar surface area (TPSA) is 152 Å². The van der Waals surface area contributed by atoms with Gasteiger partial charge in [-0.2, -0.15) is 5.10 Å². The third kappa shape index (κ3) is 5.95. The molecular weight excluding hydrogens is 556 g/mol. The summed E-state index contributed by atoms with van der Waals surface area (Å²) in [6, 6.07) is 11.9. The molecule has 0 aliphatic carbocycles. The summed E-state index contributed by atoms with van der Waals surface area (Å²) in [6.07, 6.45) is 7.55. The Kier molecular flexibility index (Phi) is 7.95. The van der Waals surface area contributed by atoms with E-state index < -0.39 is 0 Å². The molecule has 12 heteroatoms. The van der Waals surface area contributed by atoms with Gasteiger partial charge in [-0.15, -0.1) is 10.2 Å². The maximum atomic E-state index is 12.5. The largest absolute Gasteiger partial charge is 0.507 e. The van der Waals surface area contributed by atoms with Crippen molar-refractivity contribution >= 4 is 17.0 Å². The molecular formula is C32H34N10O2. The van der Waals surface area contributed by atoms with Crippen molar-refractivity contribution in [3.05, 3.63) is 88.1 Å². The van der Waals surface area contributed by atoms with Crippen LogP contribution in [0.25, 0.3) is 16.8 Å². The van der Waals surface area contributed by atoms with Gasteiger partial charge in [-0.25, -0.2) is 14.5 Å². The van der Waals surface area contributed by atoms with Gasteiger partial charge in [0.15, 0.2) is 5.82 Å². The lowest BCUT2D eigenvalue weighted by Gasteiger charge is -2.34. The molecule has 2 saturated heterocycles. The van der Waals surface area contributed by atoms with Gasteiger partial charge < -0.3 is 25.6 Å². The Labute approximate surface area is 254 Å². The standard InChI is InChI=1S/C16H19N5O.C16H15N5O/c17-16-14(21-8-10-5-6-11(9-21)18-10)7-13(19-20-16)12-3-1-2-4-15(12)22;1-11-6-7-17-14(18-11)5-4-8-20-9-10-21-15(16(20)22)12(2)13(3)19-21/h1-4,7,10-11,18,22H,5-6,8-9H2,(H2,17,20);6-7,9-10H,8H2,1-3H3. The molecule has 0 amide bonds. The van der Waals surface area contributed by atoms with Crippen LogP contribution in [0.2, 0.25) is 0 Å². The Morgan fingerprint density at radius 1 is 1.07 bits per heavy atom. The van der Waals surface area contributed by atoms with Crippen LogP contribution in [0.15, 0.2) is 59.8 Å². The minimum Gasteiger partial charge on any atom is -0.507 e. The molecule has 5 aromatic rings. The molecule has 4 aromatic heterocycles. The summed E-state index contributed by atoms with van der Waals surface area (Å²) < 4.78 is 3.17. The monoisotopic (exact) mass is 590 g/mol. The summed E-state index contributed by atoms with van der Waals surface area (Å²) in [7, 11) is 0. The van der Waals surface area contributed by atoms with Gasteiger partial charge in [-0.3, -0.25) is 4.79 Å². The number of fused-ring (bicyclic) bond motifs is 3. The lowest BCUT2D eigenvalue weighted by molar-refractivity contribution is 0.465. The smallest absolute Gasteiger partial charge is 0.277 e. The number of aromatic hydroxyl groups is 1. The van der Waals surface area contributed by atoms with Crippen LogP contribution in [0.4, 0.5) is 11.5 Å². The first-order chi connectivity index (χ1) is 21.3. The van der Waals surface area contributed by atoms with E-state index in [1.165, 1.54) is 12.8 Å². The number of hydrogen-bond donors (Lipinski definition) is 3. The predicted molar refractivity (Wildman–Crippen MR) is 168 cm³/mol. The highest BCUT2D eigenvalue weighted by atomic mass is 16.3. The number of hydrogen-bond acceptors (Lipinski definition) is 10. The van der Waals surface area contributed by atoms with E-state index in [0.717, 1.165) is 35.7 Å². The number of anilines is 2. The van der Waals surface area contributed by atoms with Crippen LogP contribution in [0.3, 0.4) is 0 Å². The molecule has 7 rings (SSSR count). The third-order valence-corrected chi connectivity index (χ3v) is 8.02. The van der Waals surface area contributed by atoms with Gasteiger partial charge >= 0.3 is 0 Å². The maximum absolute atomic E-state index is 12.5. The van der Waals surface area contributed by atoms with E-state index in [1.807, 2.05) is 45.0 Å². The summed E-state index contributed by atoms with van der Waals surface area (Å²) in [4.78, 5) is 23.0. The van der Waals surface area contributed by atoms with Crippen LogP contribution in [-0.4, -0.2) is 64.6 Å². The van der Waals surface area contributed by atoms with Gasteiger partial charge in [-0.1, -0.05) is 18.1 Å².